The third-order valence-electron chi connectivity index (χ3n) is 4.00. The van der Waals surface area contributed by atoms with Gasteiger partial charge in [-0.15, -0.1) is 0 Å². The topological polar surface area (TPSA) is 49.4 Å². The Balaban J connectivity index is 1.73. The van der Waals surface area contributed by atoms with Gasteiger partial charge >= 0.3 is 0 Å². The normalized spacial score (nSPS) is 17.2. The van der Waals surface area contributed by atoms with Crippen LogP contribution < -0.4 is 10.2 Å². The molecular formula is C18H16Cl2N2O2. The number of rotatable bonds is 3. The van der Waals surface area contributed by atoms with E-state index in [2.05, 4.69) is 5.32 Å². The second kappa shape index (κ2) is 6.83. The molecule has 124 valence electrons. The van der Waals surface area contributed by atoms with Crippen LogP contribution in [0.25, 0.3) is 0 Å². The number of carbonyl (C=O) groups is 2. The summed E-state index contributed by atoms with van der Waals surface area (Å²) in [5.74, 6) is -0.714. The van der Waals surface area contributed by atoms with Crippen LogP contribution >= 0.6 is 23.2 Å². The first-order chi connectivity index (χ1) is 11.4. The molecule has 1 heterocycles. The van der Waals surface area contributed by atoms with E-state index in [1.807, 2.05) is 31.2 Å². The highest BCUT2D eigenvalue weighted by atomic mass is 35.5. The van der Waals surface area contributed by atoms with Crippen molar-refractivity contribution < 1.29 is 9.59 Å². The van der Waals surface area contributed by atoms with E-state index in [1.54, 1.807) is 23.1 Å². The minimum absolute atomic E-state index is 0.0575. The molecule has 0 unspecified atom stereocenters. The van der Waals surface area contributed by atoms with Crippen LogP contribution in [0.3, 0.4) is 0 Å². The van der Waals surface area contributed by atoms with Gasteiger partial charge in [-0.25, -0.2) is 0 Å². The summed E-state index contributed by atoms with van der Waals surface area (Å²) in [6.45, 7) is 2.32. The fraction of sp³-hybridized carbons (Fsp3) is 0.222. The molecule has 0 aliphatic carbocycles. The van der Waals surface area contributed by atoms with E-state index in [0.717, 1.165) is 11.3 Å². The first-order valence-electron chi connectivity index (χ1n) is 7.57. The summed E-state index contributed by atoms with van der Waals surface area (Å²) in [4.78, 5) is 26.4. The van der Waals surface area contributed by atoms with Gasteiger partial charge in [-0.05, 0) is 42.8 Å². The lowest BCUT2D eigenvalue weighted by atomic mass is 10.1. The number of hydrogen-bond acceptors (Lipinski definition) is 2. The zero-order valence-electron chi connectivity index (χ0n) is 13.1. The number of nitrogens with zero attached hydrogens (tertiary/aromatic N) is 1. The predicted octanol–water partition coefficient (Wildman–Crippen LogP) is 4.29. The molecule has 1 aliphatic rings. The van der Waals surface area contributed by atoms with Crippen molar-refractivity contribution >= 4 is 46.4 Å². The highest BCUT2D eigenvalue weighted by molar-refractivity contribution is 6.35. The zero-order chi connectivity index (χ0) is 17.3. The van der Waals surface area contributed by atoms with Gasteiger partial charge in [0.1, 0.15) is 0 Å². The summed E-state index contributed by atoms with van der Waals surface area (Å²) < 4.78 is 0. The van der Waals surface area contributed by atoms with Crippen molar-refractivity contribution in [2.45, 2.75) is 13.3 Å². The molecule has 1 atom stereocenters. The summed E-state index contributed by atoms with van der Waals surface area (Å²) in [6.07, 6.45) is 0.179. The predicted molar refractivity (Wildman–Crippen MR) is 96.7 cm³/mol. The molecule has 6 heteroatoms. The van der Waals surface area contributed by atoms with Gasteiger partial charge in [-0.1, -0.05) is 35.3 Å². The Bertz CT molecular complexity index is 807. The molecule has 2 amide bonds. The fourth-order valence-electron chi connectivity index (χ4n) is 2.76. The Morgan fingerprint density at radius 2 is 2.00 bits per heavy atom. The monoisotopic (exact) mass is 362 g/mol. The van der Waals surface area contributed by atoms with Crippen LogP contribution in [0, 0.1) is 12.8 Å². The van der Waals surface area contributed by atoms with Crippen molar-refractivity contribution in [3.63, 3.8) is 0 Å². The van der Waals surface area contributed by atoms with Gasteiger partial charge in [0.2, 0.25) is 11.8 Å². The van der Waals surface area contributed by atoms with Crippen LogP contribution in [0.1, 0.15) is 12.0 Å². The average molecular weight is 363 g/mol. The highest BCUT2D eigenvalue weighted by Gasteiger charge is 2.35. The van der Waals surface area contributed by atoms with E-state index in [0.29, 0.717) is 22.3 Å². The largest absolute Gasteiger partial charge is 0.324 e. The lowest BCUT2D eigenvalue weighted by molar-refractivity contribution is -0.122. The summed E-state index contributed by atoms with van der Waals surface area (Å²) in [5.41, 5.74) is 2.34. The molecule has 24 heavy (non-hydrogen) atoms. The molecular weight excluding hydrogens is 347 g/mol. The maximum Gasteiger partial charge on any atom is 0.229 e. The van der Waals surface area contributed by atoms with Gasteiger partial charge in [-0.3, -0.25) is 9.59 Å². The smallest absolute Gasteiger partial charge is 0.229 e. The Hall–Kier alpha value is -2.04. The molecule has 0 aromatic heterocycles. The van der Waals surface area contributed by atoms with E-state index in [1.165, 1.54) is 0 Å². The number of amides is 2. The average Bonchev–Trinajstić information content (AvgIpc) is 2.93. The number of nitrogens with one attached hydrogen (secondary N) is 1. The molecule has 4 nitrogen and oxygen atoms in total. The SMILES string of the molecule is Cc1cccc(N2C[C@@H](C(=O)Nc3cc(Cl)ccc3Cl)CC2=O)c1. The Morgan fingerprint density at radius 1 is 1.21 bits per heavy atom. The van der Waals surface area contributed by atoms with E-state index in [4.69, 9.17) is 23.2 Å². The van der Waals surface area contributed by atoms with E-state index < -0.39 is 5.92 Å². The molecule has 0 radical (unpaired) electrons. The first-order valence-corrected chi connectivity index (χ1v) is 8.32. The van der Waals surface area contributed by atoms with Crippen molar-refractivity contribution in [1.82, 2.24) is 0 Å². The maximum absolute atomic E-state index is 12.5. The lowest BCUT2D eigenvalue weighted by Gasteiger charge is -2.17. The summed E-state index contributed by atoms with van der Waals surface area (Å²) in [6, 6.07) is 12.5. The zero-order valence-corrected chi connectivity index (χ0v) is 14.6. The minimum atomic E-state index is -0.423. The van der Waals surface area contributed by atoms with Crippen molar-refractivity contribution in [3.8, 4) is 0 Å². The second-order valence-corrected chi connectivity index (χ2v) is 6.70. The van der Waals surface area contributed by atoms with E-state index in [9.17, 15) is 9.59 Å². The van der Waals surface area contributed by atoms with Crippen molar-refractivity contribution in [3.05, 3.63) is 58.1 Å². The molecule has 2 aromatic carbocycles. The van der Waals surface area contributed by atoms with Gasteiger partial charge in [0.05, 0.1) is 16.6 Å². The van der Waals surface area contributed by atoms with Crippen LogP contribution in [0.2, 0.25) is 10.0 Å². The van der Waals surface area contributed by atoms with Crippen molar-refractivity contribution in [1.29, 1.82) is 0 Å². The standard InChI is InChI=1S/C18H16Cl2N2O2/c1-11-3-2-4-14(7-11)22-10-12(8-17(22)23)18(24)21-16-9-13(19)5-6-15(16)20/h2-7,9,12H,8,10H2,1H3,(H,21,24)/t12-/m0/s1. The molecule has 1 N–H and O–H groups in total. The van der Waals surface area contributed by atoms with Gasteiger partial charge in [0.15, 0.2) is 0 Å². The van der Waals surface area contributed by atoms with Crippen LogP contribution in [-0.2, 0) is 9.59 Å². The van der Waals surface area contributed by atoms with Gasteiger partial charge < -0.3 is 10.2 Å². The highest BCUT2D eigenvalue weighted by Crippen LogP contribution is 2.29. The molecule has 3 rings (SSSR count). The number of benzene rings is 2. The summed E-state index contributed by atoms with van der Waals surface area (Å²) >= 11 is 12.0. The quantitative estimate of drug-likeness (QED) is 0.884. The van der Waals surface area contributed by atoms with Crippen LogP contribution in [0.5, 0.6) is 0 Å². The third-order valence-corrected chi connectivity index (χ3v) is 4.56. The van der Waals surface area contributed by atoms with Gasteiger partial charge in [0.25, 0.3) is 0 Å². The molecule has 0 spiro atoms. The summed E-state index contributed by atoms with van der Waals surface area (Å²) in [7, 11) is 0. The number of anilines is 2. The van der Waals surface area contributed by atoms with E-state index in [-0.39, 0.29) is 18.2 Å². The summed E-state index contributed by atoms with van der Waals surface area (Å²) in [5, 5.41) is 3.66. The van der Waals surface area contributed by atoms with E-state index >= 15 is 0 Å². The van der Waals surface area contributed by atoms with Crippen molar-refractivity contribution in [2.75, 3.05) is 16.8 Å². The number of carbonyl (C=O) groups excluding carboxylic acids is 2. The Labute approximate surface area is 150 Å². The molecule has 1 fully saturated rings. The number of hydrogen-bond donors (Lipinski definition) is 1. The third kappa shape index (κ3) is 3.55. The molecule has 1 aliphatic heterocycles. The van der Waals surface area contributed by atoms with Gasteiger partial charge in [0, 0.05) is 23.7 Å². The maximum atomic E-state index is 12.5. The van der Waals surface area contributed by atoms with Gasteiger partial charge in [-0.2, -0.15) is 0 Å². The Morgan fingerprint density at radius 3 is 2.75 bits per heavy atom. The van der Waals surface area contributed by atoms with Crippen molar-refractivity contribution in [2.24, 2.45) is 5.92 Å². The second-order valence-electron chi connectivity index (χ2n) is 5.86. The number of halogens is 2. The van der Waals surface area contributed by atoms with Crippen LogP contribution in [0.15, 0.2) is 42.5 Å². The van der Waals surface area contributed by atoms with Crippen LogP contribution in [0.4, 0.5) is 11.4 Å². The minimum Gasteiger partial charge on any atom is -0.324 e. The fourth-order valence-corrected chi connectivity index (χ4v) is 3.09. The molecule has 1 saturated heterocycles. The molecule has 0 bridgehead atoms. The van der Waals surface area contributed by atoms with Crippen LogP contribution in [-0.4, -0.2) is 18.4 Å². The Kier molecular flexibility index (Phi) is 4.78. The lowest BCUT2D eigenvalue weighted by Crippen LogP contribution is -2.28. The first kappa shape index (κ1) is 16.8. The molecule has 0 saturated carbocycles. The number of aryl methyl sites for hydroxylation is 1. The molecule has 2 aromatic rings.